The average molecular weight is 532 g/mol. The number of nitrogens with zero attached hydrogens (tertiary/aromatic N) is 2. The second-order valence-corrected chi connectivity index (χ2v) is 9.86. The molecule has 1 fully saturated rings. The van der Waals surface area contributed by atoms with E-state index in [-0.39, 0.29) is 23.6 Å². The fraction of sp³-hybridized carbons (Fsp3) is 0.367. The number of anilines is 2. The highest BCUT2D eigenvalue weighted by molar-refractivity contribution is 6.08. The van der Waals surface area contributed by atoms with E-state index in [1.807, 2.05) is 24.3 Å². The van der Waals surface area contributed by atoms with E-state index in [4.69, 9.17) is 15.2 Å². The van der Waals surface area contributed by atoms with Crippen LogP contribution in [0.1, 0.15) is 36.2 Å². The summed E-state index contributed by atoms with van der Waals surface area (Å²) in [5, 5.41) is 7.67. The minimum Gasteiger partial charge on any atom is -0.495 e. The van der Waals surface area contributed by atoms with E-state index < -0.39 is 0 Å². The number of fused-ring (bicyclic) bond motifs is 1. The molecule has 0 bridgehead atoms. The number of aromatic nitrogens is 1. The van der Waals surface area contributed by atoms with Crippen molar-refractivity contribution in [3.05, 3.63) is 60.8 Å². The molecule has 4 N–H and O–H groups in total. The molecule has 0 unspecified atom stereocenters. The van der Waals surface area contributed by atoms with Crippen LogP contribution < -0.4 is 21.1 Å². The van der Waals surface area contributed by atoms with E-state index in [2.05, 4.69) is 34.1 Å². The van der Waals surface area contributed by atoms with Crippen LogP contribution in [-0.2, 0) is 9.53 Å². The van der Waals surface area contributed by atoms with E-state index in [0.29, 0.717) is 35.5 Å². The van der Waals surface area contributed by atoms with Crippen molar-refractivity contribution in [2.75, 3.05) is 45.5 Å². The van der Waals surface area contributed by atoms with Crippen molar-refractivity contribution in [1.82, 2.24) is 15.2 Å². The molecular formula is C30H37N5O4. The zero-order valence-electron chi connectivity index (χ0n) is 22.8. The highest BCUT2D eigenvalue weighted by atomic mass is 16.5. The maximum absolute atomic E-state index is 13.2. The second-order valence-electron chi connectivity index (χ2n) is 9.86. The van der Waals surface area contributed by atoms with Gasteiger partial charge < -0.3 is 30.7 Å². The molecule has 39 heavy (non-hydrogen) atoms. The Balaban J connectivity index is 1.54. The normalized spacial score (nSPS) is 17.1. The summed E-state index contributed by atoms with van der Waals surface area (Å²) in [6, 6.07) is 13.6. The van der Waals surface area contributed by atoms with E-state index in [1.54, 1.807) is 32.4 Å². The number of nitrogens with one attached hydrogen (secondary N) is 2. The number of likely N-dealkylation sites (N-methyl/N-ethyl adjacent to an activating group) is 1. The Labute approximate surface area is 229 Å². The molecule has 0 atom stereocenters. The van der Waals surface area contributed by atoms with Gasteiger partial charge in [-0.25, -0.2) is 4.98 Å². The van der Waals surface area contributed by atoms with Gasteiger partial charge in [-0.2, -0.15) is 0 Å². The summed E-state index contributed by atoms with van der Waals surface area (Å²) in [6.45, 7) is 5.15. The predicted molar refractivity (Wildman–Crippen MR) is 155 cm³/mol. The molecule has 3 aromatic rings. The molecular weight excluding hydrogens is 494 g/mol. The quantitative estimate of drug-likeness (QED) is 0.335. The predicted octanol–water partition coefficient (Wildman–Crippen LogP) is 4.24. The third kappa shape index (κ3) is 6.55. The fourth-order valence-corrected chi connectivity index (χ4v) is 5.08. The summed E-state index contributed by atoms with van der Waals surface area (Å²) in [4.78, 5) is 32.3. The first kappa shape index (κ1) is 28.1. The summed E-state index contributed by atoms with van der Waals surface area (Å²) in [6.07, 6.45) is 5.04. The Morgan fingerprint density at radius 1 is 1.13 bits per heavy atom. The van der Waals surface area contributed by atoms with Crippen molar-refractivity contribution < 1.29 is 19.1 Å². The Morgan fingerprint density at radius 2 is 1.87 bits per heavy atom. The summed E-state index contributed by atoms with van der Waals surface area (Å²) in [7, 11) is 5.39. The van der Waals surface area contributed by atoms with E-state index in [9.17, 15) is 9.59 Å². The largest absolute Gasteiger partial charge is 0.495 e. The molecule has 9 heteroatoms. The van der Waals surface area contributed by atoms with Gasteiger partial charge in [0.05, 0.1) is 30.8 Å². The van der Waals surface area contributed by atoms with Crippen LogP contribution in [0.25, 0.3) is 22.0 Å². The Kier molecular flexibility index (Phi) is 9.16. The average Bonchev–Trinajstić information content (AvgIpc) is 2.96. The minimum atomic E-state index is -0.341. The van der Waals surface area contributed by atoms with E-state index in [0.717, 1.165) is 48.6 Å². The van der Waals surface area contributed by atoms with E-state index >= 15 is 0 Å². The summed E-state index contributed by atoms with van der Waals surface area (Å²) in [5.74, 6) is -0.0850. The van der Waals surface area contributed by atoms with Gasteiger partial charge in [0.15, 0.2) is 5.69 Å². The molecule has 4 rings (SSSR count). The van der Waals surface area contributed by atoms with Crippen LogP contribution in [0.4, 0.5) is 11.4 Å². The molecule has 1 heterocycles. The Morgan fingerprint density at radius 3 is 2.56 bits per heavy atom. The molecule has 1 aromatic heterocycles. The fourth-order valence-electron chi connectivity index (χ4n) is 5.08. The number of carbonyl (C=O) groups excluding carboxylic acids is 2. The lowest BCUT2D eigenvalue weighted by Crippen LogP contribution is -2.43. The molecule has 1 aliphatic carbocycles. The number of ether oxygens (including phenoxy) is 2. The van der Waals surface area contributed by atoms with Gasteiger partial charge in [0.25, 0.3) is 5.91 Å². The topological polar surface area (TPSA) is 119 Å². The minimum absolute atomic E-state index is 0.0820. The van der Waals surface area contributed by atoms with Gasteiger partial charge in [0.2, 0.25) is 5.91 Å². The first-order valence-corrected chi connectivity index (χ1v) is 13.2. The lowest BCUT2D eigenvalue weighted by molar-refractivity contribution is -0.111. The van der Waals surface area contributed by atoms with Gasteiger partial charge in [-0.3, -0.25) is 9.59 Å². The number of nitrogen functional groups attached to an aromatic ring is 1. The number of hydrogen-bond acceptors (Lipinski definition) is 7. The highest BCUT2D eigenvalue weighted by Gasteiger charge is 2.26. The third-order valence-electron chi connectivity index (χ3n) is 7.38. The lowest BCUT2D eigenvalue weighted by Gasteiger charge is -2.34. The molecule has 1 aliphatic rings. The standard InChI is InChI=1S/C30H37N5O4/c1-5-27(36)34-28-23-18-20(7-6-19(23)8-15-26(28)39-4)25-14-13-24(31)29(33-25)30(37)32-21-9-11-22(12-10-21)35(2)16-17-38-3/h5-8,13-15,18,21-22H,1,9-12,16-17,31H2,2-4H3,(H,32,37)(H,34,36). The van der Waals surface area contributed by atoms with Crippen LogP contribution in [0.3, 0.4) is 0 Å². The van der Waals surface area contributed by atoms with Gasteiger partial charge >= 0.3 is 0 Å². The molecule has 2 aromatic carbocycles. The zero-order chi connectivity index (χ0) is 27.9. The zero-order valence-corrected chi connectivity index (χ0v) is 22.8. The van der Waals surface area contributed by atoms with Gasteiger partial charge in [0, 0.05) is 36.7 Å². The van der Waals surface area contributed by atoms with Crippen LogP contribution in [0.5, 0.6) is 5.75 Å². The second kappa shape index (κ2) is 12.7. The lowest BCUT2D eigenvalue weighted by atomic mass is 9.90. The molecule has 0 spiro atoms. The maximum atomic E-state index is 13.2. The van der Waals surface area contributed by atoms with Gasteiger partial charge in [0.1, 0.15) is 5.75 Å². The highest BCUT2D eigenvalue weighted by Crippen LogP contribution is 2.36. The number of rotatable bonds is 10. The summed E-state index contributed by atoms with van der Waals surface area (Å²) >= 11 is 0. The summed E-state index contributed by atoms with van der Waals surface area (Å²) < 4.78 is 10.7. The van der Waals surface area contributed by atoms with Crippen LogP contribution in [0.2, 0.25) is 0 Å². The van der Waals surface area contributed by atoms with Crippen molar-refractivity contribution in [3.63, 3.8) is 0 Å². The number of methoxy groups -OCH3 is 2. The number of amides is 2. The number of hydrogen-bond donors (Lipinski definition) is 3. The molecule has 2 amide bonds. The number of pyridine rings is 1. The van der Waals surface area contributed by atoms with Crippen molar-refractivity contribution in [3.8, 4) is 17.0 Å². The molecule has 206 valence electrons. The number of nitrogens with two attached hydrogens (primary N) is 1. The smallest absolute Gasteiger partial charge is 0.272 e. The van der Waals surface area contributed by atoms with Crippen molar-refractivity contribution in [2.24, 2.45) is 0 Å². The van der Waals surface area contributed by atoms with Gasteiger partial charge in [-0.15, -0.1) is 0 Å². The Bertz CT molecular complexity index is 1350. The Hall–Kier alpha value is -3.95. The number of benzene rings is 2. The van der Waals surface area contributed by atoms with E-state index in [1.165, 1.54) is 6.08 Å². The van der Waals surface area contributed by atoms with Crippen molar-refractivity contribution in [1.29, 1.82) is 0 Å². The first-order valence-electron chi connectivity index (χ1n) is 13.2. The van der Waals surface area contributed by atoms with Crippen LogP contribution in [-0.4, -0.2) is 68.2 Å². The monoisotopic (exact) mass is 531 g/mol. The van der Waals surface area contributed by atoms with Crippen LogP contribution in [0, 0.1) is 0 Å². The molecule has 0 radical (unpaired) electrons. The summed E-state index contributed by atoms with van der Waals surface area (Å²) in [5.41, 5.74) is 8.64. The molecule has 0 saturated heterocycles. The SMILES string of the molecule is C=CC(=O)Nc1c(OC)ccc2ccc(-c3ccc(N)c(C(=O)NC4CCC(N(C)CCOC)CC4)n3)cc12. The first-order chi connectivity index (χ1) is 18.8. The molecule has 9 nitrogen and oxygen atoms in total. The van der Waals surface area contributed by atoms with Gasteiger partial charge in [-0.05, 0) is 68.5 Å². The molecule has 0 aliphatic heterocycles. The van der Waals surface area contributed by atoms with Crippen LogP contribution in [0.15, 0.2) is 55.1 Å². The third-order valence-corrected chi connectivity index (χ3v) is 7.38. The van der Waals surface area contributed by atoms with Crippen molar-refractivity contribution >= 4 is 34.0 Å². The van der Waals surface area contributed by atoms with Crippen molar-refractivity contribution in [2.45, 2.75) is 37.8 Å². The number of carbonyl (C=O) groups is 2. The van der Waals surface area contributed by atoms with Gasteiger partial charge in [-0.1, -0.05) is 24.8 Å². The molecule has 1 saturated carbocycles. The van der Waals surface area contributed by atoms with Crippen LogP contribution >= 0.6 is 0 Å². The maximum Gasteiger partial charge on any atom is 0.272 e.